The molecule has 0 saturated carbocycles. The van der Waals surface area contributed by atoms with Crippen LogP contribution in [0.2, 0.25) is 0 Å². The van der Waals surface area contributed by atoms with Gasteiger partial charge >= 0.3 is 0 Å². The SMILES string of the molecule is ONC1=Cc2cccc3cccc1c23. The van der Waals surface area contributed by atoms with Crippen molar-refractivity contribution in [1.82, 2.24) is 5.48 Å². The quantitative estimate of drug-likeness (QED) is 0.666. The van der Waals surface area contributed by atoms with E-state index in [4.69, 9.17) is 5.21 Å². The fourth-order valence-corrected chi connectivity index (χ4v) is 2.04. The first kappa shape index (κ1) is 7.59. The van der Waals surface area contributed by atoms with Gasteiger partial charge in [-0.15, -0.1) is 0 Å². The lowest BCUT2D eigenvalue weighted by atomic mass is 10.0. The third-order valence-corrected chi connectivity index (χ3v) is 2.65. The van der Waals surface area contributed by atoms with Crippen molar-refractivity contribution >= 4 is 22.5 Å². The second kappa shape index (κ2) is 2.59. The van der Waals surface area contributed by atoms with Gasteiger partial charge in [-0.05, 0) is 22.4 Å². The standard InChI is InChI=1S/C12H9NO/c14-13-11-7-9-5-1-3-8-4-2-6-10(11)12(8)9/h1-7,13-14H. The number of benzene rings is 2. The Bertz CT molecular complexity index is 538. The molecule has 3 rings (SSSR count). The van der Waals surface area contributed by atoms with Gasteiger partial charge in [-0.3, -0.25) is 10.7 Å². The molecule has 0 unspecified atom stereocenters. The summed E-state index contributed by atoms with van der Waals surface area (Å²) in [5, 5.41) is 11.4. The fraction of sp³-hybridized carbons (Fsp3) is 0. The van der Waals surface area contributed by atoms with Crippen molar-refractivity contribution in [3.8, 4) is 0 Å². The van der Waals surface area contributed by atoms with Crippen LogP contribution in [-0.2, 0) is 0 Å². The Hall–Kier alpha value is -1.80. The van der Waals surface area contributed by atoms with Crippen LogP contribution in [0, 0.1) is 0 Å². The topological polar surface area (TPSA) is 32.3 Å². The largest absolute Gasteiger partial charge is 0.291 e. The van der Waals surface area contributed by atoms with Gasteiger partial charge in [0.2, 0.25) is 0 Å². The monoisotopic (exact) mass is 183 g/mol. The minimum absolute atomic E-state index is 0.775. The van der Waals surface area contributed by atoms with Gasteiger partial charge in [-0.1, -0.05) is 36.4 Å². The van der Waals surface area contributed by atoms with Crippen molar-refractivity contribution in [2.45, 2.75) is 0 Å². The highest BCUT2D eigenvalue weighted by molar-refractivity contribution is 6.08. The van der Waals surface area contributed by atoms with E-state index in [0.717, 1.165) is 16.8 Å². The molecule has 0 amide bonds. The molecule has 2 aromatic carbocycles. The van der Waals surface area contributed by atoms with E-state index < -0.39 is 0 Å². The fourth-order valence-electron chi connectivity index (χ4n) is 2.04. The molecule has 2 aromatic rings. The number of hydrogen-bond acceptors (Lipinski definition) is 2. The maximum Gasteiger partial charge on any atom is 0.0687 e. The summed E-state index contributed by atoms with van der Waals surface area (Å²) in [4.78, 5) is 0. The summed E-state index contributed by atoms with van der Waals surface area (Å²) in [5.74, 6) is 0. The Labute approximate surface area is 81.4 Å². The van der Waals surface area contributed by atoms with E-state index >= 15 is 0 Å². The van der Waals surface area contributed by atoms with Crippen LogP contribution in [-0.4, -0.2) is 5.21 Å². The van der Waals surface area contributed by atoms with Crippen LogP contribution < -0.4 is 5.48 Å². The van der Waals surface area contributed by atoms with Gasteiger partial charge in [-0.2, -0.15) is 0 Å². The molecule has 0 radical (unpaired) electrons. The van der Waals surface area contributed by atoms with Crippen LogP contribution in [0.25, 0.3) is 22.5 Å². The molecule has 1 aliphatic carbocycles. The van der Waals surface area contributed by atoms with Crippen molar-refractivity contribution in [3.05, 3.63) is 47.5 Å². The van der Waals surface area contributed by atoms with Gasteiger partial charge in [-0.25, -0.2) is 0 Å². The minimum Gasteiger partial charge on any atom is -0.291 e. The average Bonchev–Trinajstić information content (AvgIpc) is 2.60. The van der Waals surface area contributed by atoms with Crippen molar-refractivity contribution in [2.75, 3.05) is 0 Å². The van der Waals surface area contributed by atoms with Crippen LogP contribution in [0.15, 0.2) is 36.4 Å². The van der Waals surface area contributed by atoms with Crippen LogP contribution in [0.4, 0.5) is 0 Å². The highest BCUT2D eigenvalue weighted by atomic mass is 16.5. The third-order valence-electron chi connectivity index (χ3n) is 2.65. The lowest BCUT2D eigenvalue weighted by Gasteiger charge is -2.03. The smallest absolute Gasteiger partial charge is 0.0687 e. The summed E-state index contributed by atoms with van der Waals surface area (Å²) in [7, 11) is 0. The molecule has 0 aliphatic heterocycles. The van der Waals surface area contributed by atoms with Gasteiger partial charge in [0, 0.05) is 5.56 Å². The van der Waals surface area contributed by atoms with Crippen molar-refractivity contribution in [3.63, 3.8) is 0 Å². The second-order valence-corrected chi connectivity index (χ2v) is 3.42. The summed E-state index contributed by atoms with van der Waals surface area (Å²) in [6, 6.07) is 12.2. The van der Waals surface area contributed by atoms with Crippen molar-refractivity contribution in [2.24, 2.45) is 0 Å². The normalized spacial score (nSPS) is 13.1. The zero-order valence-electron chi connectivity index (χ0n) is 7.49. The highest BCUT2D eigenvalue weighted by Crippen LogP contribution is 2.34. The summed E-state index contributed by atoms with van der Waals surface area (Å²) in [6.07, 6.45) is 1.96. The lowest BCUT2D eigenvalue weighted by molar-refractivity contribution is 0.225. The van der Waals surface area contributed by atoms with Crippen molar-refractivity contribution in [1.29, 1.82) is 0 Å². The number of nitrogens with one attached hydrogen (secondary N) is 1. The van der Waals surface area contributed by atoms with Crippen LogP contribution in [0.5, 0.6) is 0 Å². The molecular formula is C12H9NO. The van der Waals surface area contributed by atoms with Gasteiger partial charge in [0.1, 0.15) is 0 Å². The van der Waals surface area contributed by atoms with Gasteiger partial charge in [0.15, 0.2) is 0 Å². The molecule has 0 spiro atoms. The van der Waals surface area contributed by atoms with Crippen molar-refractivity contribution < 1.29 is 5.21 Å². The molecule has 2 N–H and O–H groups in total. The third kappa shape index (κ3) is 0.833. The second-order valence-electron chi connectivity index (χ2n) is 3.42. The maximum absolute atomic E-state index is 8.97. The molecule has 0 heterocycles. The zero-order valence-corrected chi connectivity index (χ0v) is 7.49. The summed E-state index contributed by atoms with van der Waals surface area (Å²) in [6.45, 7) is 0. The molecule has 2 nitrogen and oxygen atoms in total. The molecule has 68 valence electrons. The predicted octanol–water partition coefficient (Wildman–Crippen LogP) is 2.63. The Morgan fingerprint density at radius 2 is 1.79 bits per heavy atom. The molecule has 0 fully saturated rings. The Balaban J connectivity index is 2.46. The Morgan fingerprint density at radius 3 is 2.57 bits per heavy atom. The number of hydroxylamine groups is 1. The first-order chi connectivity index (χ1) is 6.90. The highest BCUT2D eigenvalue weighted by Gasteiger charge is 2.14. The molecule has 0 aromatic heterocycles. The molecule has 14 heavy (non-hydrogen) atoms. The lowest BCUT2D eigenvalue weighted by Crippen LogP contribution is -2.02. The van der Waals surface area contributed by atoms with E-state index in [1.54, 1.807) is 0 Å². The minimum atomic E-state index is 0.775. The van der Waals surface area contributed by atoms with E-state index in [1.807, 2.05) is 24.3 Å². The summed E-state index contributed by atoms with van der Waals surface area (Å²) >= 11 is 0. The van der Waals surface area contributed by atoms with E-state index in [9.17, 15) is 0 Å². The zero-order chi connectivity index (χ0) is 9.54. The summed E-state index contributed by atoms with van der Waals surface area (Å²) < 4.78 is 0. The van der Waals surface area contributed by atoms with E-state index in [0.29, 0.717) is 0 Å². The molecular weight excluding hydrogens is 174 g/mol. The molecule has 1 aliphatic rings. The van der Waals surface area contributed by atoms with Gasteiger partial charge in [0.05, 0.1) is 5.70 Å². The molecule has 0 atom stereocenters. The van der Waals surface area contributed by atoms with Gasteiger partial charge in [0.25, 0.3) is 0 Å². The number of hydrogen-bond donors (Lipinski definition) is 2. The van der Waals surface area contributed by atoms with Crippen LogP contribution in [0.3, 0.4) is 0 Å². The van der Waals surface area contributed by atoms with E-state index in [1.165, 1.54) is 10.8 Å². The first-order valence-corrected chi connectivity index (χ1v) is 4.54. The van der Waals surface area contributed by atoms with E-state index in [2.05, 4.69) is 23.7 Å². The first-order valence-electron chi connectivity index (χ1n) is 4.54. The van der Waals surface area contributed by atoms with E-state index in [-0.39, 0.29) is 0 Å². The number of rotatable bonds is 1. The maximum atomic E-state index is 8.97. The predicted molar refractivity (Wildman–Crippen MR) is 56.7 cm³/mol. The summed E-state index contributed by atoms with van der Waals surface area (Å²) in [5.41, 5.74) is 5.24. The Kier molecular flexibility index (Phi) is 1.41. The average molecular weight is 183 g/mol. The van der Waals surface area contributed by atoms with Crippen LogP contribution >= 0.6 is 0 Å². The molecule has 0 saturated heterocycles. The molecule has 0 bridgehead atoms. The van der Waals surface area contributed by atoms with Gasteiger partial charge < -0.3 is 0 Å². The Morgan fingerprint density at radius 1 is 1.00 bits per heavy atom. The van der Waals surface area contributed by atoms with Crippen LogP contribution in [0.1, 0.15) is 11.1 Å². The molecule has 2 heteroatoms.